The normalized spacial score (nSPS) is 19.3. The van der Waals surface area contributed by atoms with Crippen LogP contribution in [0.1, 0.15) is 18.4 Å². The topological polar surface area (TPSA) is 41.6 Å². The quantitative estimate of drug-likeness (QED) is 0.946. The molecular weight excluding hydrogens is 288 g/mol. The molecule has 0 radical (unpaired) electrons. The van der Waals surface area contributed by atoms with Gasteiger partial charge in [0.15, 0.2) is 6.10 Å². The molecule has 1 amide bonds. The van der Waals surface area contributed by atoms with Gasteiger partial charge in [0, 0.05) is 19.5 Å². The summed E-state index contributed by atoms with van der Waals surface area (Å²) < 4.78 is 5.78. The minimum Gasteiger partial charge on any atom is -0.480 e. The van der Waals surface area contributed by atoms with Crippen molar-refractivity contribution in [2.75, 3.05) is 23.3 Å². The summed E-state index contributed by atoms with van der Waals surface area (Å²) in [5.74, 6) is 0.744. The molecule has 2 heterocycles. The highest BCUT2D eigenvalue weighted by atomic mass is 16.5. The maximum atomic E-state index is 12.6. The number of ether oxygens (including phenoxy) is 1. The molecule has 0 saturated carbocycles. The molecular formula is C19H20N2O2. The molecule has 2 aromatic carbocycles. The van der Waals surface area contributed by atoms with Gasteiger partial charge in [-0.25, -0.2) is 0 Å². The largest absolute Gasteiger partial charge is 0.480 e. The zero-order chi connectivity index (χ0) is 15.6. The number of para-hydroxylation sites is 3. The molecule has 1 atom stereocenters. The van der Waals surface area contributed by atoms with E-state index in [1.54, 1.807) is 0 Å². The Balaban J connectivity index is 1.50. The van der Waals surface area contributed by atoms with Gasteiger partial charge < -0.3 is 15.0 Å². The van der Waals surface area contributed by atoms with Gasteiger partial charge in [-0.2, -0.15) is 0 Å². The summed E-state index contributed by atoms with van der Waals surface area (Å²) in [6.45, 7) is 2.11. The van der Waals surface area contributed by atoms with Crippen molar-refractivity contribution in [3.05, 3.63) is 54.1 Å². The molecule has 4 heteroatoms. The summed E-state index contributed by atoms with van der Waals surface area (Å²) in [6, 6.07) is 15.9. The van der Waals surface area contributed by atoms with Crippen molar-refractivity contribution in [1.29, 1.82) is 0 Å². The molecule has 2 aliphatic heterocycles. The second kappa shape index (κ2) is 5.95. The lowest BCUT2D eigenvalue weighted by Crippen LogP contribution is -2.32. The first-order chi connectivity index (χ1) is 11.3. The van der Waals surface area contributed by atoms with E-state index >= 15 is 0 Å². The third-order valence-electron chi connectivity index (χ3n) is 4.55. The molecule has 118 valence electrons. The highest BCUT2D eigenvalue weighted by Gasteiger charge is 2.29. The smallest absolute Gasteiger partial charge is 0.265 e. The Morgan fingerprint density at radius 1 is 1.04 bits per heavy atom. The summed E-state index contributed by atoms with van der Waals surface area (Å²) in [7, 11) is 0. The second-order valence-corrected chi connectivity index (χ2v) is 6.12. The second-order valence-electron chi connectivity index (χ2n) is 6.12. The molecule has 4 rings (SSSR count). The zero-order valence-electron chi connectivity index (χ0n) is 13.0. The maximum Gasteiger partial charge on any atom is 0.265 e. The van der Waals surface area contributed by atoms with E-state index in [0.29, 0.717) is 6.42 Å². The van der Waals surface area contributed by atoms with Crippen LogP contribution in [0.25, 0.3) is 0 Å². The Kier molecular flexibility index (Phi) is 3.66. The van der Waals surface area contributed by atoms with E-state index in [2.05, 4.69) is 16.3 Å². The molecule has 23 heavy (non-hydrogen) atoms. The highest BCUT2D eigenvalue weighted by Crippen LogP contribution is 2.31. The Morgan fingerprint density at radius 2 is 1.78 bits per heavy atom. The Labute approximate surface area is 136 Å². The molecule has 0 aromatic heterocycles. The van der Waals surface area contributed by atoms with Crippen LogP contribution < -0.4 is 15.0 Å². The number of carbonyl (C=O) groups excluding carboxylic acids is 1. The number of amides is 1. The molecule has 0 bridgehead atoms. The lowest BCUT2D eigenvalue weighted by molar-refractivity contribution is -0.122. The zero-order valence-corrected chi connectivity index (χ0v) is 13.0. The van der Waals surface area contributed by atoms with Crippen LogP contribution in [0.3, 0.4) is 0 Å². The van der Waals surface area contributed by atoms with Crippen LogP contribution in [-0.4, -0.2) is 25.1 Å². The van der Waals surface area contributed by atoms with Crippen LogP contribution in [-0.2, 0) is 11.2 Å². The van der Waals surface area contributed by atoms with E-state index in [9.17, 15) is 4.79 Å². The van der Waals surface area contributed by atoms with Crippen LogP contribution in [0, 0.1) is 0 Å². The van der Waals surface area contributed by atoms with Crippen molar-refractivity contribution in [2.45, 2.75) is 25.4 Å². The van der Waals surface area contributed by atoms with Crippen LogP contribution in [0.5, 0.6) is 5.75 Å². The van der Waals surface area contributed by atoms with Crippen LogP contribution in [0.2, 0.25) is 0 Å². The summed E-state index contributed by atoms with van der Waals surface area (Å²) in [5, 5.41) is 3.06. The van der Waals surface area contributed by atoms with E-state index in [-0.39, 0.29) is 5.91 Å². The van der Waals surface area contributed by atoms with Crippen molar-refractivity contribution in [3.8, 4) is 5.75 Å². The summed E-state index contributed by atoms with van der Waals surface area (Å²) in [4.78, 5) is 14.9. The van der Waals surface area contributed by atoms with Gasteiger partial charge in [0.05, 0.1) is 11.4 Å². The monoisotopic (exact) mass is 308 g/mol. The molecule has 1 saturated heterocycles. The Bertz CT molecular complexity index is 698. The standard InChI is InChI=1S/C19H20N2O2/c22-19(18-13-14-7-1-4-10-17(14)23-18)20-15-8-2-3-9-16(15)21-11-5-6-12-21/h1-4,7-10,18H,5-6,11-13H2,(H,20,22)/t18-/m0/s1. The third-order valence-corrected chi connectivity index (χ3v) is 4.55. The van der Waals surface area contributed by atoms with Gasteiger partial charge >= 0.3 is 0 Å². The fraction of sp³-hybridized carbons (Fsp3) is 0.316. The van der Waals surface area contributed by atoms with Crippen molar-refractivity contribution in [1.82, 2.24) is 0 Å². The summed E-state index contributed by atoms with van der Waals surface area (Å²) in [6.07, 6.45) is 2.61. The van der Waals surface area contributed by atoms with Gasteiger partial charge in [0.1, 0.15) is 5.75 Å². The maximum absolute atomic E-state index is 12.6. The first-order valence-electron chi connectivity index (χ1n) is 8.21. The average molecular weight is 308 g/mol. The van der Waals surface area contributed by atoms with Crippen molar-refractivity contribution < 1.29 is 9.53 Å². The van der Waals surface area contributed by atoms with Gasteiger partial charge in [-0.05, 0) is 36.6 Å². The van der Waals surface area contributed by atoms with Crippen molar-refractivity contribution in [2.24, 2.45) is 0 Å². The number of anilines is 2. The summed E-state index contributed by atoms with van der Waals surface area (Å²) in [5.41, 5.74) is 3.08. The highest BCUT2D eigenvalue weighted by molar-refractivity contribution is 5.98. The number of carbonyl (C=O) groups is 1. The van der Waals surface area contributed by atoms with E-state index in [0.717, 1.165) is 35.8 Å². The molecule has 2 aliphatic rings. The Hall–Kier alpha value is -2.49. The molecule has 2 aromatic rings. The van der Waals surface area contributed by atoms with Gasteiger partial charge in [0.25, 0.3) is 5.91 Å². The van der Waals surface area contributed by atoms with E-state index in [4.69, 9.17) is 4.74 Å². The fourth-order valence-corrected chi connectivity index (χ4v) is 3.35. The van der Waals surface area contributed by atoms with Gasteiger partial charge in [0.2, 0.25) is 0 Å². The first kappa shape index (κ1) is 14.1. The fourth-order valence-electron chi connectivity index (χ4n) is 3.35. The number of nitrogens with zero attached hydrogens (tertiary/aromatic N) is 1. The van der Waals surface area contributed by atoms with E-state index < -0.39 is 6.10 Å². The average Bonchev–Trinajstić information content (AvgIpc) is 3.25. The van der Waals surface area contributed by atoms with Gasteiger partial charge in [-0.3, -0.25) is 4.79 Å². The number of hydrogen-bond acceptors (Lipinski definition) is 3. The van der Waals surface area contributed by atoms with Gasteiger partial charge in [-0.1, -0.05) is 30.3 Å². The molecule has 1 fully saturated rings. The minimum atomic E-state index is -0.445. The number of rotatable bonds is 3. The predicted molar refractivity (Wildman–Crippen MR) is 91.1 cm³/mol. The lowest BCUT2D eigenvalue weighted by atomic mass is 10.1. The Morgan fingerprint density at radius 3 is 2.61 bits per heavy atom. The minimum absolute atomic E-state index is 0.0761. The van der Waals surface area contributed by atoms with Crippen LogP contribution >= 0.6 is 0 Å². The van der Waals surface area contributed by atoms with Crippen molar-refractivity contribution in [3.63, 3.8) is 0 Å². The lowest BCUT2D eigenvalue weighted by Gasteiger charge is -2.22. The van der Waals surface area contributed by atoms with Crippen LogP contribution in [0.15, 0.2) is 48.5 Å². The molecule has 4 nitrogen and oxygen atoms in total. The van der Waals surface area contributed by atoms with E-state index in [1.807, 2.05) is 42.5 Å². The van der Waals surface area contributed by atoms with Crippen LogP contribution in [0.4, 0.5) is 11.4 Å². The first-order valence-corrected chi connectivity index (χ1v) is 8.21. The number of nitrogens with one attached hydrogen (secondary N) is 1. The SMILES string of the molecule is O=C(Nc1ccccc1N1CCCC1)[C@@H]1Cc2ccccc2O1. The number of fused-ring (bicyclic) bond motifs is 1. The number of hydrogen-bond donors (Lipinski definition) is 1. The number of benzene rings is 2. The summed E-state index contributed by atoms with van der Waals surface area (Å²) >= 11 is 0. The van der Waals surface area contributed by atoms with Crippen molar-refractivity contribution >= 4 is 17.3 Å². The molecule has 0 spiro atoms. The molecule has 0 unspecified atom stereocenters. The molecule has 0 aliphatic carbocycles. The third kappa shape index (κ3) is 2.77. The predicted octanol–water partition coefficient (Wildman–Crippen LogP) is 3.23. The van der Waals surface area contributed by atoms with Gasteiger partial charge in [-0.15, -0.1) is 0 Å². The van der Waals surface area contributed by atoms with E-state index in [1.165, 1.54) is 12.8 Å². The molecule has 1 N–H and O–H groups in total.